The molecule has 6 amide bonds. The van der Waals surface area contributed by atoms with Gasteiger partial charge >= 0.3 is 0 Å². The van der Waals surface area contributed by atoms with Crippen molar-refractivity contribution in [2.24, 2.45) is 16.6 Å². The van der Waals surface area contributed by atoms with E-state index in [4.69, 9.17) is 17.0 Å². The molecule has 17 heteroatoms. The summed E-state index contributed by atoms with van der Waals surface area (Å²) in [7, 11) is 0. The first kappa shape index (κ1) is 37.5. The van der Waals surface area contributed by atoms with Crippen molar-refractivity contribution in [1.29, 1.82) is 0 Å². The van der Waals surface area contributed by atoms with Crippen LogP contribution in [-0.4, -0.2) is 76.4 Å². The lowest BCUT2D eigenvalue weighted by Crippen LogP contribution is -2.58. The number of nitrogens with two attached hydrogens (primary N) is 2. The highest BCUT2D eigenvalue weighted by atomic mass is 16.3. The molecule has 17 nitrogen and oxygen atoms in total. The quantitative estimate of drug-likeness (QED) is 0.0443. The van der Waals surface area contributed by atoms with E-state index in [2.05, 4.69) is 31.3 Å². The Kier molecular flexibility index (Phi) is 15.2. The molecule has 2 rings (SSSR count). The molecule has 0 radical (unpaired) electrons. The second kappa shape index (κ2) is 19.0. The highest BCUT2D eigenvalue weighted by molar-refractivity contribution is 5.96. The van der Waals surface area contributed by atoms with E-state index in [-0.39, 0.29) is 38.0 Å². The van der Waals surface area contributed by atoms with Gasteiger partial charge in [0.05, 0.1) is 12.5 Å². The van der Waals surface area contributed by atoms with Gasteiger partial charge in [0, 0.05) is 29.1 Å². The van der Waals surface area contributed by atoms with E-state index >= 15 is 0 Å². The largest absolute Gasteiger partial charge is 0.508 e. The van der Waals surface area contributed by atoms with Crippen LogP contribution in [0.1, 0.15) is 54.9 Å². The first-order valence-corrected chi connectivity index (χ1v) is 14.7. The molecule has 0 bridgehead atoms. The fraction of sp³-hybridized carbons (Fsp3) is 0.400. The van der Waals surface area contributed by atoms with Crippen LogP contribution < -0.4 is 32.7 Å². The summed E-state index contributed by atoms with van der Waals surface area (Å²) in [6.07, 6.45) is -1.07. The zero-order valence-electron chi connectivity index (χ0n) is 25.7. The van der Waals surface area contributed by atoms with Crippen LogP contribution in [0, 0.1) is 0 Å². The van der Waals surface area contributed by atoms with Crippen molar-refractivity contribution in [3.8, 4) is 5.75 Å². The number of nitrogens with one attached hydrogen (secondary N) is 4. The highest BCUT2D eigenvalue weighted by Gasteiger charge is 2.31. The molecular weight excluding hydrogens is 614 g/mol. The molecule has 0 unspecified atom stereocenters. The summed E-state index contributed by atoms with van der Waals surface area (Å²) in [6, 6.07) is 7.93. The Labute approximate surface area is 270 Å². The topological polar surface area (TPSA) is 292 Å². The number of aryl methyl sites for hydroxylation is 1. The number of hydrogen-bond donors (Lipinski definition) is 8. The number of unbranched alkanes of at least 4 members (excludes halogenated alkanes) is 1. The normalized spacial score (nSPS) is 13.1. The molecule has 0 heterocycles. The number of phenolic OH excluding ortho intramolecular Hbond substituents is 1. The molecule has 0 aliphatic rings. The van der Waals surface area contributed by atoms with Crippen LogP contribution in [-0.2, 0) is 30.4 Å². The van der Waals surface area contributed by atoms with Crippen LogP contribution in [0.5, 0.6) is 5.75 Å². The lowest BCUT2D eigenvalue weighted by Gasteiger charge is -2.25. The Morgan fingerprint density at radius 3 is 2.11 bits per heavy atom. The van der Waals surface area contributed by atoms with Gasteiger partial charge in [-0.2, -0.15) is 0 Å². The summed E-state index contributed by atoms with van der Waals surface area (Å²) >= 11 is 0. The molecular formula is C30H39N9O8. The van der Waals surface area contributed by atoms with Gasteiger partial charge in [-0.25, -0.2) is 0 Å². The lowest BCUT2D eigenvalue weighted by molar-refractivity contribution is -0.135. The summed E-state index contributed by atoms with van der Waals surface area (Å²) < 4.78 is 0. The summed E-state index contributed by atoms with van der Waals surface area (Å²) in [6.45, 7) is 1.44. The van der Waals surface area contributed by atoms with Crippen LogP contribution in [0.2, 0.25) is 0 Å². The van der Waals surface area contributed by atoms with Crippen LogP contribution in [0.25, 0.3) is 10.4 Å². The average Bonchev–Trinajstić information content (AvgIpc) is 3.02. The molecule has 0 saturated carbocycles. The molecule has 0 fully saturated rings. The van der Waals surface area contributed by atoms with Gasteiger partial charge in [-0.1, -0.05) is 29.4 Å². The molecule has 0 aliphatic carbocycles. The fourth-order valence-electron chi connectivity index (χ4n) is 4.33. The first-order chi connectivity index (χ1) is 22.3. The van der Waals surface area contributed by atoms with Crippen molar-refractivity contribution >= 4 is 41.1 Å². The smallest absolute Gasteiger partial charge is 0.251 e. The number of azide groups is 1. The molecule has 0 spiro atoms. The third-order valence-electron chi connectivity index (χ3n) is 6.85. The van der Waals surface area contributed by atoms with Gasteiger partial charge in [-0.05, 0) is 68.0 Å². The molecule has 0 aliphatic heterocycles. The van der Waals surface area contributed by atoms with Crippen LogP contribution >= 0.6 is 0 Å². The number of aliphatic hydroxyl groups excluding tert-OH is 1. The van der Waals surface area contributed by atoms with E-state index in [0.29, 0.717) is 17.7 Å². The number of amides is 6. The van der Waals surface area contributed by atoms with Gasteiger partial charge in [-0.3, -0.25) is 28.8 Å². The van der Waals surface area contributed by atoms with Crippen LogP contribution in [0.15, 0.2) is 53.6 Å². The number of aliphatic hydroxyl groups is 1. The second-order valence-electron chi connectivity index (χ2n) is 10.6. The Morgan fingerprint density at radius 2 is 1.53 bits per heavy atom. The first-order valence-electron chi connectivity index (χ1n) is 14.7. The maximum absolute atomic E-state index is 13.2. The standard InChI is InChI=1S/C30H39N9O8/c1-17(40)26(27(32)44)37-29(46)22(4-2-3-15-34-28(45)19-8-10-20(11-9-19)38-39-33)36-30(47)23(16-24(31)42)35-25(43)14-7-18-5-12-21(41)13-6-18/h5-6,8-13,17,22-23,26,40-41H,2-4,7,14-16H2,1H3,(H2,31,42)(H2,32,44)(H,34,45)(H,35,43)(H,36,47)(H,37,46)/t17-,22+,23+,26+/m1/s1. The second-order valence-corrected chi connectivity index (χ2v) is 10.6. The van der Waals surface area contributed by atoms with E-state index in [1.54, 1.807) is 12.1 Å². The zero-order chi connectivity index (χ0) is 34.9. The van der Waals surface area contributed by atoms with Crippen molar-refractivity contribution in [3.05, 3.63) is 70.1 Å². The van der Waals surface area contributed by atoms with Crippen LogP contribution in [0.3, 0.4) is 0 Å². The maximum Gasteiger partial charge on any atom is 0.251 e. The number of aromatic hydroxyl groups is 1. The van der Waals surface area contributed by atoms with Gasteiger partial charge < -0.3 is 42.9 Å². The summed E-state index contributed by atoms with van der Waals surface area (Å²) in [5.41, 5.74) is 20.5. The minimum atomic E-state index is -1.47. The van der Waals surface area contributed by atoms with Gasteiger partial charge in [0.1, 0.15) is 23.9 Å². The van der Waals surface area contributed by atoms with Crippen molar-refractivity contribution in [2.45, 2.75) is 69.7 Å². The predicted octanol–water partition coefficient (Wildman–Crippen LogP) is 0.0628. The van der Waals surface area contributed by atoms with Gasteiger partial charge in [-0.15, -0.1) is 0 Å². The lowest BCUT2D eigenvalue weighted by atomic mass is 10.0. The number of benzene rings is 2. The Morgan fingerprint density at radius 1 is 0.894 bits per heavy atom. The fourth-order valence-corrected chi connectivity index (χ4v) is 4.33. The molecule has 2 aromatic carbocycles. The highest BCUT2D eigenvalue weighted by Crippen LogP contribution is 2.14. The average molecular weight is 654 g/mol. The van der Waals surface area contributed by atoms with E-state index in [1.165, 1.54) is 43.3 Å². The van der Waals surface area contributed by atoms with Crippen molar-refractivity contribution in [3.63, 3.8) is 0 Å². The summed E-state index contributed by atoms with van der Waals surface area (Å²) in [5.74, 6) is -4.57. The van der Waals surface area contributed by atoms with Gasteiger partial charge in [0.15, 0.2) is 0 Å². The van der Waals surface area contributed by atoms with E-state index < -0.39 is 66.1 Å². The number of carbonyl (C=O) groups excluding carboxylic acids is 6. The zero-order valence-corrected chi connectivity index (χ0v) is 25.7. The minimum absolute atomic E-state index is 0.00230. The molecule has 4 atom stereocenters. The monoisotopic (exact) mass is 653 g/mol. The minimum Gasteiger partial charge on any atom is -0.508 e. The van der Waals surface area contributed by atoms with Gasteiger partial charge in [0.2, 0.25) is 29.5 Å². The molecule has 10 N–H and O–H groups in total. The molecule has 2 aromatic rings. The third kappa shape index (κ3) is 13.5. The van der Waals surface area contributed by atoms with Crippen LogP contribution in [0.4, 0.5) is 5.69 Å². The third-order valence-corrected chi connectivity index (χ3v) is 6.85. The molecule has 47 heavy (non-hydrogen) atoms. The van der Waals surface area contributed by atoms with Crippen molar-refractivity contribution in [1.82, 2.24) is 21.3 Å². The molecule has 252 valence electrons. The molecule has 0 aromatic heterocycles. The predicted molar refractivity (Wildman–Crippen MR) is 168 cm³/mol. The summed E-state index contributed by atoms with van der Waals surface area (Å²) in [4.78, 5) is 77.6. The SMILES string of the molecule is C[C@@H](O)[C@H](NC(=O)[C@H](CCCCNC(=O)c1ccc(N=[N+]=[N-])cc1)NC(=O)[C@H](CC(N)=O)NC(=O)CCc1ccc(O)cc1)C(N)=O. The Bertz CT molecular complexity index is 1460. The van der Waals surface area contributed by atoms with E-state index in [1.807, 2.05) is 0 Å². The Hall–Kier alpha value is -5.67. The summed E-state index contributed by atoms with van der Waals surface area (Å²) in [5, 5.41) is 32.7. The number of nitrogens with zero attached hydrogens (tertiary/aromatic N) is 3. The van der Waals surface area contributed by atoms with Gasteiger partial charge in [0.25, 0.3) is 5.91 Å². The number of rotatable bonds is 19. The maximum atomic E-state index is 13.2. The van der Waals surface area contributed by atoms with Crippen molar-refractivity contribution < 1.29 is 39.0 Å². The number of primary amides is 2. The molecule has 0 saturated heterocycles. The Balaban J connectivity index is 2.06. The van der Waals surface area contributed by atoms with E-state index in [0.717, 1.165) is 5.56 Å². The number of hydrogen-bond acceptors (Lipinski definition) is 9. The number of phenols is 1. The van der Waals surface area contributed by atoms with E-state index in [9.17, 15) is 39.0 Å². The number of carbonyl (C=O) groups is 6. The van der Waals surface area contributed by atoms with Crippen molar-refractivity contribution in [2.75, 3.05) is 6.54 Å².